The number of methoxy groups -OCH3 is 1. The Balaban J connectivity index is 2.94. The van der Waals surface area contributed by atoms with Gasteiger partial charge in [-0.15, -0.1) is 0 Å². The van der Waals surface area contributed by atoms with Gasteiger partial charge in [-0.25, -0.2) is 0 Å². The van der Waals surface area contributed by atoms with E-state index in [0.29, 0.717) is 6.42 Å². The summed E-state index contributed by atoms with van der Waals surface area (Å²) in [4.78, 5) is 11.8. The van der Waals surface area contributed by atoms with Crippen molar-refractivity contribution in [3.8, 4) is 5.75 Å². The third-order valence-electron chi connectivity index (χ3n) is 4.13. The molecule has 116 valence electrons. The number of rotatable bonds is 9. The van der Waals surface area contributed by atoms with Crippen LogP contribution in [0, 0.1) is 12.3 Å². The van der Waals surface area contributed by atoms with E-state index in [4.69, 9.17) is 4.74 Å². The first-order chi connectivity index (χ1) is 9.94. The minimum Gasteiger partial charge on any atom is -0.497 e. The van der Waals surface area contributed by atoms with Crippen molar-refractivity contribution in [1.82, 2.24) is 0 Å². The van der Waals surface area contributed by atoms with Gasteiger partial charge in [0.1, 0.15) is 5.75 Å². The van der Waals surface area contributed by atoms with Gasteiger partial charge in [0.05, 0.1) is 7.11 Å². The lowest BCUT2D eigenvalue weighted by atomic mass is 9.75. The molecule has 1 aromatic rings. The van der Waals surface area contributed by atoms with Gasteiger partial charge in [0.15, 0.2) is 5.78 Å². The van der Waals surface area contributed by atoms with Crippen LogP contribution in [0.3, 0.4) is 0 Å². The SMILES string of the molecule is C=CC(=O)CC(C)(CCCC)Cc1ccc(OC)cc1C. The highest BCUT2D eigenvalue weighted by atomic mass is 16.5. The second kappa shape index (κ2) is 8.02. The summed E-state index contributed by atoms with van der Waals surface area (Å²) in [5, 5.41) is 0. The van der Waals surface area contributed by atoms with Crippen LogP contribution in [0.5, 0.6) is 5.75 Å². The second-order valence-corrected chi connectivity index (χ2v) is 6.23. The smallest absolute Gasteiger partial charge is 0.155 e. The predicted molar refractivity (Wildman–Crippen MR) is 88.9 cm³/mol. The van der Waals surface area contributed by atoms with Gasteiger partial charge in [-0.05, 0) is 54.5 Å². The number of aryl methyl sites for hydroxylation is 1. The maximum atomic E-state index is 11.8. The molecule has 0 N–H and O–H groups in total. The van der Waals surface area contributed by atoms with E-state index in [0.717, 1.165) is 31.4 Å². The number of ketones is 1. The summed E-state index contributed by atoms with van der Waals surface area (Å²) in [6.45, 7) is 10.1. The highest BCUT2D eigenvalue weighted by Crippen LogP contribution is 2.34. The number of ether oxygens (including phenoxy) is 1. The van der Waals surface area contributed by atoms with E-state index >= 15 is 0 Å². The van der Waals surface area contributed by atoms with Crippen LogP contribution >= 0.6 is 0 Å². The molecule has 0 bridgehead atoms. The number of benzene rings is 1. The maximum Gasteiger partial charge on any atom is 0.155 e. The molecule has 1 aromatic carbocycles. The lowest BCUT2D eigenvalue weighted by Gasteiger charge is -2.29. The van der Waals surface area contributed by atoms with Crippen LogP contribution in [0.1, 0.15) is 50.7 Å². The van der Waals surface area contributed by atoms with E-state index in [-0.39, 0.29) is 11.2 Å². The van der Waals surface area contributed by atoms with Crippen LogP contribution in [-0.4, -0.2) is 12.9 Å². The van der Waals surface area contributed by atoms with Crippen LogP contribution < -0.4 is 4.74 Å². The minimum absolute atomic E-state index is 0.000627. The van der Waals surface area contributed by atoms with Crippen molar-refractivity contribution < 1.29 is 9.53 Å². The molecule has 0 aliphatic rings. The fourth-order valence-electron chi connectivity index (χ4n) is 2.79. The van der Waals surface area contributed by atoms with E-state index in [1.807, 2.05) is 6.07 Å². The summed E-state index contributed by atoms with van der Waals surface area (Å²) >= 11 is 0. The number of carbonyl (C=O) groups is 1. The van der Waals surface area contributed by atoms with Gasteiger partial charge >= 0.3 is 0 Å². The van der Waals surface area contributed by atoms with Crippen LogP contribution in [-0.2, 0) is 11.2 Å². The fourth-order valence-corrected chi connectivity index (χ4v) is 2.79. The third kappa shape index (κ3) is 5.37. The Kier molecular flexibility index (Phi) is 6.67. The normalized spacial score (nSPS) is 13.5. The first-order valence-electron chi connectivity index (χ1n) is 7.73. The first-order valence-corrected chi connectivity index (χ1v) is 7.73. The lowest BCUT2D eigenvalue weighted by Crippen LogP contribution is -2.23. The molecule has 0 saturated carbocycles. The molecule has 0 aromatic heterocycles. The van der Waals surface area contributed by atoms with Gasteiger partial charge < -0.3 is 4.74 Å². The van der Waals surface area contributed by atoms with E-state index in [9.17, 15) is 4.79 Å². The molecule has 21 heavy (non-hydrogen) atoms. The quantitative estimate of drug-likeness (QED) is 0.605. The standard InChI is InChI=1S/C19H28O2/c1-6-8-11-19(4,14-17(20)7-2)13-16-9-10-18(21-5)12-15(16)3/h7,9-10,12H,2,6,8,11,13-14H2,1,3-5H3. The van der Waals surface area contributed by atoms with E-state index < -0.39 is 0 Å². The average Bonchev–Trinajstić information content (AvgIpc) is 2.47. The molecule has 0 saturated heterocycles. The molecule has 2 heteroatoms. The third-order valence-corrected chi connectivity index (χ3v) is 4.13. The Bertz CT molecular complexity index is 490. The Hall–Kier alpha value is -1.57. The van der Waals surface area contributed by atoms with Crippen molar-refractivity contribution in [2.45, 2.75) is 52.9 Å². The molecule has 2 nitrogen and oxygen atoms in total. The zero-order chi connectivity index (χ0) is 15.9. The summed E-state index contributed by atoms with van der Waals surface area (Å²) in [5.41, 5.74) is 2.52. The summed E-state index contributed by atoms with van der Waals surface area (Å²) < 4.78 is 5.26. The fraction of sp³-hybridized carbons (Fsp3) is 0.526. The van der Waals surface area contributed by atoms with Gasteiger partial charge in [0, 0.05) is 6.42 Å². The van der Waals surface area contributed by atoms with Crippen LogP contribution in [0.15, 0.2) is 30.9 Å². The second-order valence-electron chi connectivity index (χ2n) is 6.23. The highest BCUT2D eigenvalue weighted by Gasteiger charge is 2.27. The molecule has 0 aliphatic heterocycles. The van der Waals surface area contributed by atoms with Crippen LogP contribution in [0.2, 0.25) is 0 Å². The summed E-state index contributed by atoms with van der Waals surface area (Å²) in [6.07, 6.45) is 6.31. The highest BCUT2D eigenvalue weighted by molar-refractivity contribution is 5.89. The summed E-state index contributed by atoms with van der Waals surface area (Å²) in [7, 11) is 1.68. The van der Waals surface area contributed by atoms with Crippen LogP contribution in [0.4, 0.5) is 0 Å². The number of unbranched alkanes of at least 4 members (excludes halogenated alkanes) is 1. The Morgan fingerprint density at radius 2 is 2.14 bits per heavy atom. The number of hydrogen-bond donors (Lipinski definition) is 0. The minimum atomic E-state index is 0.000627. The molecule has 0 amide bonds. The molecule has 1 rings (SSSR count). The van der Waals surface area contributed by atoms with Gasteiger partial charge in [0.25, 0.3) is 0 Å². The van der Waals surface area contributed by atoms with Crippen molar-refractivity contribution in [2.24, 2.45) is 5.41 Å². The van der Waals surface area contributed by atoms with Crippen molar-refractivity contribution in [1.29, 1.82) is 0 Å². The predicted octanol–water partition coefficient (Wildman–Crippen LogP) is 4.89. The Morgan fingerprint density at radius 3 is 2.67 bits per heavy atom. The van der Waals surface area contributed by atoms with Gasteiger partial charge in [-0.3, -0.25) is 4.79 Å². The summed E-state index contributed by atoms with van der Waals surface area (Å²) in [6, 6.07) is 6.18. The Labute approximate surface area is 129 Å². The van der Waals surface area contributed by atoms with Crippen molar-refractivity contribution in [3.05, 3.63) is 42.0 Å². The average molecular weight is 288 g/mol. The van der Waals surface area contributed by atoms with Gasteiger partial charge in [-0.1, -0.05) is 39.3 Å². The largest absolute Gasteiger partial charge is 0.497 e. The molecule has 0 heterocycles. The molecule has 0 aliphatic carbocycles. The zero-order valence-corrected chi connectivity index (χ0v) is 13.9. The monoisotopic (exact) mass is 288 g/mol. The van der Waals surface area contributed by atoms with Crippen LogP contribution in [0.25, 0.3) is 0 Å². The number of hydrogen-bond acceptors (Lipinski definition) is 2. The topological polar surface area (TPSA) is 26.3 Å². The Morgan fingerprint density at radius 1 is 1.43 bits per heavy atom. The number of carbonyl (C=O) groups excluding carboxylic acids is 1. The zero-order valence-electron chi connectivity index (χ0n) is 13.9. The van der Waals surface area contributed by atoms with E-state index in [1.165, 1.54) is 17.2 Å². The molecule has 1 atom stereocenters. The van der Waals surface area contributed by atoms with Crippen molar-refractivity contribution >= 4 is 5.78 Å². The molecule has 0 fully saturated rings. The van der Waals surface area contributed by atoms with Gasteiger partial charge in [-0.2, -0.15) is 0 Å². The molecule has 0 radical (unpaired) electrons. The van der Waals surface area contributed by atoms with Gasteiger partial charge in [0.2, 0.25) is 0 Å². The first kappa shape index (κ1) is 17.5. The van der Waals surface area contributed by atoms with Crippen molar-refractivity contribution in [3.63, 3.8) is 0 Å². The molecule has 0 spiro atoms. The van der Waals surface area contributed by atoms with E-state index in [1.54, 1.807) is 7.11 Å². The molecular weight excluding hydrogens is 260 g/mol. The summed E-state index contributed by atoms with van der Waals surface area (Å²) in [5.74, 6) is 1.02. The molecular formula is C19H28O2. The van der Waals surface area contributed by atoms with Crippen molar-refractivity contribution in [2.75, 3.05) is 7.11 Å². The molecule has 1 unspecified atom stereocenters. The van der Waals surface area contributed by atoms with E-state index in [2.05, 4.69) is 39.5 Å². The number of allylic oxidation sites excluding steroid dienone is 1. The lowest BCUT2D eigenvalue weighted by molar-refractivity contribution is -0.116. The maximum absolute atomic E-state index is 11.8.